The first kappa shape index (κ1) is 18.9. The molecule has 0 unspecified atom stereocenters. The van der Waals surface area contributed by atoms with Gasteiger partial charge in [-0.15, -0.1) is 0 Å². The smallest absolute Gasteiger partial charge is 0.229 e. The number of hydrogen-bond acceptors (Lipinski definition) is 5. The van der Waals surface area contributed by atoms with Crippen molar-refractivity contribution in [3.05, 3.63) is 29.8 Å². The van der Waals surface area contributed by atoms with Crippen LogP contribution >= 0.6 is 0 Å². The number of benzene rings is 1. The van der Waals surface area contributed by atoms with Gasteiger partial charge in [0.15, 0.2) is 9.84 Å². The molecule has 1 aromatic rings. The molecule has 24 heavy (non-hydrogen) atoms. The van der Waals surface area contributed by atoms with Crippen LogP contribution in [-0.2, 0) is 19.9 Å². The highest BCUT2D eigenvalue weighted by molar-refractivity contribution is 7.92. The Balaban J connectivity index is 2.42. The molecule has 0 saturated carbocycles. The first-order valence-corrected chi connectivity index (χ1v) is 11.2. The molecule has 1 aromatic carbocycles. The molecule has 1 atom stereocenters. The van der Waals surface area contributed by atoms with Gasteiger partial charge < -0.3 is 0 Å². The zero-order valence-corrected chi connectivity index (χ0v) is 16.1. The van der Waals surface area contributed by atoms with E-state index in [4.69, 9.17) is 0 Å². The van der Waals surface area contributed by atoms with Gasteiger partial charge in [-0.25, -0.2) is 8.42 Å². The van der Waals surface area contributed by atoms with Gasteiger partial charge in [0, 0.05) is 5.71 Å². The van der Waals surface area contributed by atoms with Crippen molar-refractivity contribution in [1.82, 2.24) is 4.41 Å². The van der Waals surface area contributed by atoms with E-state index >= 15 is 0 Å². The summed E-state index contributed by atoms with van der Waals surface area (Å²) in [7, 11) is -7.10. The molecule has 2 rings (SSSR count). The number of rotatable bonds is 5. The molecule has 6 nitrogen and oxygen atoms in total. The Hall–Kier alpha value is -1.41. The molecule has 8 heteroatoms. The van der Waals surface area contributed by atoms with E-state index in [-0.39, 0.29) is 22.8 Å². The van der Waals surface area contributed by atoms with E-state index in [1.54, 1.807) is 38.1 Å². The van der Waals surface area contributed by atoms with E-state index in [0.717, 1.165) is 9.98 Å². The fourth-order valence-corrected chi connectivity index (χ4v) is 5.94. The highest BCUT2D eigenvalue weighted by atomic mass is 32.2. The summed E-state index contributed by atoms with van der Waals surface area (Å²) < 4.78 is 50.4. The highest BCUT2D eigenvalue weighted by Crippen LogP contribution is 2.26. The fourth-order valence-electron chi connectivity index (χ4n) is 2.61. The van der Waals surface area contributed by atoms with Crippen molar-refractivity contribution in [1.29, 1.82) is 0 Å². The maximum Gasteiger partial charge on any atom is 0.279 e. The molecule has 1 fully saturated rings. The van der Waals surface area contributed by atoms with Gasteiger partial charge in [0.05, 0.1) is 22.4 Å². The van der Waals surface area contributed by atoms with Gasteiger partial charge in [-0.1, -0.05) is 26.0 Å². The summed E-state index contributed by atoms with van der Waals surface area (Å²) in [6, 6.07) is 6.02. The second-order valence-corrected chi connectivity index (χ2v) is 10.6. The van der Waals surface area contributed by atoms with Crippen LogP contribution < -0.4 is 0 Å². The van der Waals surface area contributed by atoms with Gasteiger partial charge in [0.2, 0.25) is 0 Å². The van der Waals surface area contributed by atoms with Crippen LogP contribution in [0.2, 0.25) is 0 Å². The lowest BCUT2D eigenvalue weighted by molar-refractivity contribution is 0.355. The third kappa shape index (κ3) is 4.16. The summed E-state index contributed by atoms with van der Waals surface area (Å²) in [4.78, 5) is 0.126. The standard InChI is InChI=1S/C16H24N2O4S2/c1-12(2)14-5-7-16(8-6-14)24(21,22)18(17-13(3)4)15-9-10-23(19,20)11-15/h5-8,12,15H,9-11H2,1-4H3/t15-/m1/s1. The highest BCUT2D eigenvalue weighted by Gasteiger charge is 2.38. The molecular weight excluding hydrogens is 348 g/mol. The molecule has 0 spiro atoms. The third-order valence-corrected chi connectivity index (χ3v) is 7.40. The zero-order valence-electron chi connectivity index (χ0n) is 14.4. The lowest BCUT2D eigenvalue weighted by atomic mass is 10.0. The summed E-state index contributed by atoms with van der Waals surface area (Å²) in [6.45, 7) is 7.44. The molecule has 0 aromatic heterocycles. The van der Waals surface area contributed by atoms with Crippen LogP contribution in [0, 0.1) is 0 Å². The summed E-state index contributed by atoms with van der Waals surface area (Å²) in [5.74, 6) is 0.107. The third-order valence-electron chi connectivity index (χ3n) is 3.91. The second kappa shape index (κ2) is 6.84. The number of hydrogen-bond donors (Lipinski definition) is 0. The Morgan fingerprint density at radius 3 is 2.21 bits per heavy atom. The van der Waals surface area contributed by atoms with Crippen molar-refractivity contribution in [3.8, 4) is 0 Å². The van der Waals surface area contributed by atoms with Gasteiger partial charge in [-0.3, -0.25) is 0 Å². The molecule has 134 valence electrons. The van der Waals surface area contributed by atoms with Crippen LogP contribution in [0.1, 0.15) is 45.6 Å². The Morgan fingerprint density at radius 1 is 1.21 bits per heavy atom. The summed E-state index contributed by atoms with van der Waals surface area (Å²) in [6.07, 6.45) is 0.266. The van der Waals surface area contributed by atoms with Crippen molar-refractivity contribution < 1.29 is 16.8 Å². The summed E-state index contributed by atoms with van der Waals surface area (Å²) >= 11 is 0. The molecule has 0 radical (unpaired) electrons. The van der Waals surface area contributed by atoms with Gasteiger partial charge in [0.25, 0.3) is 10.0 Å². The minimum atomic E-state index is -3.89. The quantitative estimate of drug-likeness (QED) is 0.587. The monoisotopic (exact) mass is 372 g/mol. The largest absolute Gasteiger partial charge is 0.279 e. The van der Waals surface area contributed by atoms with Crippen LogP contribution in [0.4, 0.5) is 0 Å². The van der Waals surface area contributed by atoms with E-state index in [9.17, 15) is 16.8 Å². The number of nitrogens with zero attached hydrogens (tertiary/aromatic N) is 2. The lowest BCUT2D eigenvalue weighted by Crippen LogP contribution is -2.37. The molecule has 1 aliphatic heterocycles. The normalized spacial score (nSPS) is 20.1. The molecule has 0 aliphatic carbocycles. The summed E-state index contributed by atoms with van der Waals surface area (Å²) in [5.41, 5.74) is 1.60. The van der Waals surface area contributed by atoms with Gasteiger partial charge in [0.1, 0.15) is 0 Å². The predicted molar refractivity (Wildman–Crippen MR) is 95.4 cm³/mol. The SMILES string of the molecule is CC(C)=NN([C@@H]1CCS(=O)(=O)C1)S(=O)(=O)c1ccc(C(C)C)cc1. The average molecular weight is 373 g/mol. The first-order chi connectivity index (χ1) is 11.0. The molecule has 1 heterocycles. The Bertz CT molecular complexity index is 821. The molecule has 0 N–H and O–H groups in total. The zero-order chi connectivity index (χ0) is 18.1. The van der Waals surface area contributed by atoms with Crippen molar-refractivity contribution in [2.24, 2.45) is 5.10 Å². The van der Waals surface area contributed by atoms with Crippen LogP contribution in [-0.4, -0.2) is 44.5 Å². The first-order valence-electron chi connectivity index (χ1n) is 7.89. The van der Waals surface area contributed by atoms with Crippen molar-refractivity contribution in [2.45, 2.75) is 51.0 Å². The molecule has 0 bridgehead atoms. The lowest BCUT2D eigenvalue weighted by Gasteiger charge is -2.25. The number of hydrazone groups is 1. The molecule has 1 saturated heterocycles. The minimum absolute atomic E-state index is 0.00570. The van der Waals surface area contributed by atoms with E-state index < -0.39 is 25.9 Å². The maximum absolute atomic E-state index is 13.0. The molecule has 1 aliphatic rings. The van der Waals surface area contributed by atoms with Crippen LogP contribution in [0.25, 0.3) is 0 Å². The predicted octanol–water partition coefficient (Wildman–Crippen LogP) is 2.38. The fraction of sp³-hybridized carbons (Fsp3) is 0.562. The van der Waals surface area contributed by atoms with E-state index in [0.29, 0.717) is 11.6 Å². The summed E-state index contributed by atoms with van der Waals surface area (Å²) in [5, 5.41) is 4.13. The van der Waals surface area contributed by atoms with Crippen LogP contribution in [0.5, 0.6) is 0 Å². The molecule has 0 amide bonds. The van der Waals surface area contributed by atoms with E-state index in [1.807, 2.05) is 13.8 Å². The Kier molecular flexibility index (Phi) is 5.39. The maximum atomic E-state index is 13.0. The van der Waals surface area contributed by atoms with Gasteiger partial charge in [-0.2, -0.15) is 17.9 Å². The topological polar surface area (TPSA) is 83.9 Å². The van der Waals surface area contributed by atoms with E-state index in [1.165, 1.54) is 0 Å². The van der Waals surface area contributed by atoms with Crippen LogP contribution in [0.3, 0.4) is 0 Å². The second-order valence-electron chi connectivity index (χ2n) is 6.61. The van der Waals surface area contributed by atoms with Crippen molar-refractivity contribution >= 4 is 25.6 Å². The Labute approximate surface area is 144 Å². The molecular formula is C16H24N2O4S2. The minimum Gasteiger partial charge on any atom is -0.229 e. The van der Waals surface area contributed by atoms with Gasteiger partial charge >= 0.3 is 0 Å². The van der Waals surface area contributed by atoms with Crippen LogP contribution in [0.15, 0.2) is 34.3 Å². The van der Waals surface area contributed by atoms with Crippen molar-refractivity contribution in [3.63, 3.8) is 0 Å². The average Bonchev–Trinajstić information content (AvgIpc) is 2.84. The van der Waals surface area contributed by atoms with Crippen molar-refractivity contribution in [2.75, 3.05) is 11.5 Å². The van der Waals surface area contributed by atoms with E-state index in [2.05, 4.69) is 5.10 Å². The number of sulfone groups is 1. The Morgan fingerprint density at radius 2 is 1.79 bits per heavy atom. The van der Waals surface area contributed by atoms with Gasteiger partial charge in [-0.05, 0) is 43.9 Å². The number of sulfonamides is 1.